The highest BCUT2D eigenvalue weighted by Gasteiger charge is 2.84. The molecule has 4 bridgehead atoms. The van der Waals surface area contributed by atoms with Gasteiger partial charge in [-0.05, 0) is 46.9 Å². The van der Waals surface area contributed by atoms with Crippen LogP contribution >= 0.6 is 0 Å². The SMILES string of the molecule is O=C1OC(=O)[C@]23C4c5ccccc5C(c5ccccc54)[C@]12[C@@H]1C=C[C@H]3CC1. The number of hydrogen-bond donors (Lipinski definition) is 0. The van der Waals surface area contributed by atoms with Gasteiger partial charge in [-0.3, -0.25) is 9.59 Å². The second kappa shape index (κ2) is 4.24. The zero-order valence-electron chi connectivity index (χ0n) is 14.7. The second-order valence-electron chi connectivity index (χ2n) is 8.71. The Labute approximate surface area is 157 Å². The molecule has 0 radical (unpaired) electrons. The summed E-state index contributed by atoms with van der Waals surface area (Å²) in [5, 5.41) is 0. The molecule has 1 saturated carbocycles. The zero-order chi connectivity index (χ0) is 18.0. The number of carbonyl (C=O) groups excluding carboxylic acids is 2. The lowest BCUT2D eigenvalue weighted by Crippen LogP contribution is -2.67. The van der Waals surface area contributed by atoms with E-state index in [1.54, 1.807) is 0 Å². The first-order valence-electron chi connectivity index (χ1n) is 9.85. The van der Waals surface area contributed by atoms with Gasteiger partial charge in [0.1, 0.15) is 10.8 Å². The summed E-state index contributed by atoms with van der Waals surface area (Å²) in [6.45, 7) is 0. The predicted molar refractivity (Wildman–Crippen MR) is 97.9 cm³/mol. The molecule has 2 aromatic carbocycles. The molecular weight excluding hydrogens is 336 g/mol. The number of allylic oxidation sites excluding steroid dienone is 2. The number of fused-ring (bicyclic) bond motifs is 1. The lowest BCUT2D eigenvalue weighted by molar-refractivity contribution is -0.161. The molecule has 4 atom stereocenters. The molecule has 27 heavy (non-hydrogen) atoms. The monoisotopic (exact) mass is 354 g/mol. The third-order valence-electron chi connectivity index (χ3n) is 8.23. The van der Waals surface area contributed by atoms with Crippen molar-refractivity contribution in [3.8, 4) is 0 Å². The summed E-state index contributed by atoms with van der Waals surface area (Å²) in [6.07, 6.45) is 6.33. The van der Waals surface area contributed by atoms with Crippen molar-refractivity contribution < 1.29 is 14.3 Å². The lowest BCUT2D eigenvalue weighted by atomic mass is 9.32. The molecule has 2 fully saturated rings. The van der Waals surface area contributed by atoms with Gasteiger partial charge >= 0.3 is 11.9 Å². The lowest BCUT2D eigenvalue weighted by Gasteiger charge is -2.66. The van der Waals surface area contributed by atoms with Crippen LogP contribution in [-0.4, -0.2) is 11.9 Å². The van der Waals surface area contributed by atoms with Crippen molar-refractivity contribution in [1.29, 1.82) is 0 Å². The van der Waals surface area contributed by atoms with Crippen LogP contribution in [0.25, 0.3) is 0 Å². The zero-order valence-corrected chi connectivity index (χ0v) is 14.7. The molecule has 1 aliphatic heterocycles. The van der Waals surface area contributed by atoms with Gasteiger partial charge in [0.2, 0.25) is 0 Å². The highest BCUT2D eigenvalue weighted by molar-refractivity contribution is 6.06. The normalized spacial score (nSPS) is 41.6. The highest BCUT2D eigenvalue weighted by Crippen LogP contribution is 2.80. The average molecular weight is 354 g/mol. The summed E-state index contributed by atoms with van der Waals surface area (Å²) in [7, 11) is 0. The van der Waals surface area contributed by atoms with E-state index in [0.717, 1.165) is 12.8 Å². The Hall–Kier alpha value is -2.68. The van der Waals surface area contributed by atoms with Crippen molar-refractivity contribution in [2.24, 2.45) is 22.7 Å². The predicted octanol–water partition coefficient (Wildman–Crippen LogP) is 3.93. The smallest absolute Gasteiger partial charge is 0.322 e. The molecule has 0 N–H and O–H groups in total. The maximum atomic E-state index is 13.5. The topological polar surface area (TPSA) is 43.4 Å². The molecule has 3 nitrogen and oxygen atoms in total. The van der Waals surface area contributed by atoms with Crippen molar-refractivity contribution in [2.45, 2.75) is 24.7 Å². The quantitative estimate of drug-likeness (QED) is 0.409. The summed E-state index contributed by atoms with van der Waals surface area (Å²) in [5.74, 6) is -0.652. The van der Waals surface area contributed by atoms with E-state index in [1.807, 2.05) is 0 Å². The minimum atomic E-state index is -0.783. The van der Waals surface area contributed by atoms with Gasteiger partial charge in [0.25, 0.3) is 0 Å². The van der Waals surface area contributed by atoms with Gasteiger partial charge in [0.05, 0.1) is 0 Å². The fourth-order valence-electron chi connectivity index (χ4n) is 7.62. The van der Waals surface area contributed by atoms with E-state index in [4.69, 9.17) is 4.74 Å². The minimum absolute atomic E-state index is 0.0654. The van der Waals surface area contributed by atoms with Gasteiger partial charge in [0.15, 0.2) is 0 Å². The van der Waals surface area contributed by atoms with E-state index in [2.05, 4.69) is 60.7 Å². The Morgan fingerprint density at radius 1 is 0.667 bits per heavy atom. The maximum Gasteiger partial charge on any atom is 0.322 e. The van der Waals surface area contributed by atoms with E-state index in [0.29, 0.717) is 0 Å². The Balaban J connectivity index is 1.72. The van der Waals surface area contributed by atoms with Gasteiger partial charge in [-0.15, -0.1) is 0 Å². The third-order valence-corrected chi connectivity index (χ3v) is 8.23. The average Bonchev–Trinajstić information content (AvgIpc) is 2.99. The van der Waals surface area contributed by atoms with E-state index >= 15 is 0 Å². The Morgan fingerprint density at radius 3 is 1.37 bits per heavy atom. The van der Waals surface area contributed by atoms with Crippen molar-refractivity contribution >= 4 is 11.9 Å². The molecule has 6 aliphatic carbocycles. The van der Waals surface area contributed by atoms with Crippen LogP contribution < -0.4 is 0 Å². The second-order valence-corrected chi connectivity index (χ2v) is 8.71. The van der Waals surface area contributed by atoms with Crippen molar-refractivity contribution in [3.63, 3.8) is 0 Å². The Kier molecular flexibility index (Phi) is 2.26. The molecule has 0 amide bonds. The van der Waals surface area contributed by atoms with Crippen LogP contribution in [0.15, 0.2) is 60.7 Å². The molecule has 1 heterocycles. The molecule has 132 valence electrons. The van der Waals surface area contributed by atoms with Gasteiger partial charge in [-0.1, -0.05) is 60.7 Å². The van der Waals surface area contributed by atoms with Gasteiger partial charge in [-0.25, -0.2) is 0 Å². The number of ether oxygens (including phenoxy) is 1. The number of rotatable bonds is 0. The molecule has 0 spiro atoms. The largest absolute Gasteiger partial charge is 0.392 e. The van der Waals surface area contributed by atoms with E-state index in [9.17, 15) is 9.59 Å². The first-order valence-corrected chi connectivity index (χ1v) is 9.85. The van der Waals surface area contributed by atoms with Gasteiger partial charge < -0.3 is 4.74 Å². The Bertz CT molecular complexity index is 967. The molecule has 1 saturated heterocycles. The molecule has 0 aromatic heterocycles. The summed E-state index contributed by atoms with van der Waals surface area (Å²) in [6, 6.07) is 16.8. The van der Waals surface area contributed by atoms with E-state index < -0.39 is 10.8 Å². The van der Waals surface area contributed by atoms with Crippen molar-refractivity contribution in [1.82, 2.24) is 0 Å². The Morgan fingerprint density at radius 2 is 1.04 bits per heavy atom. The van der Waals surface area contributed by atoms with Crippen molar-refractivity contribution in [3.05, 3.63) is 82.9 Å². The number of esters is 2. The molecule has 7 aliphatic rings. The first kappa shape index (κ1) is 14.4. The summed E-state index contributed by atoms with van der Waals surface area (Å²) >= 11 is 0. The van der Waals surface area contributed by atoms with Crippen LogP contribution in [-0.2, 0) is 14.3 Å². The molecular formula is C24H18O3. The third kappa shape index (κ3) is 1.19. The number of cyclic esters (lactones) is 2. The molecule has 3 heteroatoms. The van der Waals surface area contributed by atoms with Gasteiger partial charge in [0, 0.05) is 11.8 Å². The summed E-state index contributed by atoms with van der Waals surface area (Å²) < 4.78 is 5.54. The minimum Gasteiger partial charge on any atom is -0.392 e. The molecule has 0 unspecified atom stereocenters. The van der Waals surface area contributed by atoms with Crippen LogP contribution in [0.2, 0.25) is 0 Å². The number of carbonyl (C=O) groups is 2. The highest BCUT2D eigenvalue weighted by atomic mass is 16.6. The molecule has 9 rings (SSSR count). The van der Waals surface area contributed by atoms with E-state index in [1.165, 1.54) is 22.3 Å². The standard InChI is InChI=1S/C24H18O3/c25-21-23-13-9-11-14(12-10-13)24(23,22(26)27-21)20-16-6-2-1-5-15(16)19(23)17-7-3-4-8-18(17)20/h1-9,11,13-14,19-20H,10,12H2/t13-,14+,19?,20?,23-,24+. The first-order chi connectivity index (χ1) is 13.2. The van der Waals surface area contributed by atoms with Crippen LogP contribution in [0.3, 0.4) is 0 Å². The number of benzene rings is 2. The van der Waals surface area contributed by atoms with Gasteiger partial charge in [-0.2, -0.15) is 0 Å². The summed E-state index contributed by atoms with van der Waals surface area (Å²) in [5.41, 5.74) is 3.28. The maximum absolute atomic E-state index is 13.5. The summed E-state index contributed by atoms with van der Waals surface area (Å²) in [4.78, 5) is 27.0. The van der Waals surface area contributed by atoms with E-state index in [-0.39, 0.29) is 35.6 Å². The number of hydrogen-bond acceptors (Lipinski definition) is 3. The van der Waals surface area contributed by atoms with Crippen LogP contribution in [0.1, 0.15) is 46.9 Å². The molecule has 2 aromatic rings. The fraction of sp³-hybridized carbons (Fsp3) is 0.333. The van der Waals surface area contributed by atoms with Crippen LogP contribution in [0.4, 0.5) is 0 Å². The van der Waals surface area contributed by atoms with Crippen LogP contribution in [0.5, 0.6) is 0 Å². The fourth-order valence-corrected chi connectivity index (χ4v) is 7.62. The van der Waals surface area contributed by atoms with Crippen LogP contribution in [0, 0.1) is 22.7 Å². The van der Waals surface area contributed by atoms with Crippen molar-refractivity contribution in [2.75, 3.05) is 0 Å².